The molecule has 3 rings (SSSR count). The van der Waals surface area contributed by atoms with Crippen LogP contribution in [-0.4, -0.2) is 17.0 Å². The largest absolute Gasteiger partial charge is 0.489 e. The van der Waals surface area contributed by atoms with Crippen molar-refractivity contribution in [2.45, 2.75) is 20.0 Å². The molecule has 0 aliphatic carbocycles. The van der Waals surface area contributed by atoms with Gasteiger partial charge >= 0.3 is 0 Å². The van der Waals surface area contributed by atoms with Crippen molar-refractivity contribution >= 4 is 45.7 Å². The Labute approximate surface area is 153 Å². The Kier molecular flexibility index (Phi) is 4.88. The van der Waals surface area contributed by atoms with E-state index in [1.54, 1.807) is 18.2 Å². The fourth-order valence-corrected chi connectivity index (χ4v) is 2.92. The zero-order valence-corrected chi connectivity index (χ0v) is 15.0. The van der Waals surface area contributed by atoms with Crippen molar-refractivity contribution in [1.29, 1.82) is 0 Å². The molecule has 130 valence electrons. The lowest BCUT2D eigenvalue weighted by atomic mass is 10.2. The van der Waals surface area contributed by atoms with Crippen molar-refractivity contribution in [3.63, 3.8) is 0 Å². The SMILES string of the molecule is CC(C)Oc1ccc(NC(=O)c2[nH]c3ccc(F)cc3c2Cl)cc1Cl. The number of benzene rings is 2. The minimum Gasteiger partial charge on any atom is -0.489 e. The number of nitrogens with one attached hydrogen (secondary N) is 2. The average Bonchev–Trinajstić information content (AvgIpc) is 2.86. The van der Waals surface area contributed by atoms with Crippen LogP contribution < -0.4 is 10.1 Å². The second-order valence-electron chi connectivity index (χ2n) is 5.77. The van der Waals surface area contributed by atoms with Crippen molar-refractivity contribution < 1.29 is 13.9 Å². The van der Waals surface area contributed by atoms with Gasteiger partial charge in [-0.2, -0.15) is 0 Å². The van der Waals surface area contributed by atoms with Gasteiger partial charge in [-0.05, 0) is 50.2 Å². The van der Waals surface area contributed by atoms with Crippen LogP contribution in [0.5, 0.6) is 5.75 Å². The Balaban J connectivity index is 1.85. The van der Waals surface area contributed by atoms with E-state index in [1.807, 2.05) is 13.8 Å². The van der Waals surface area contributed by atoms with Gasteiger partial charge in [0.15, 0.2) is 0 Å². The minimum atomic E-state index is -0.449. The van der Waals surface area contributed by atoms with Gasteiger partial charge < -0.3 is 15.0 Å². The predicted octanol–water partition coefficient (Wildman–Crippen LogP) is 5.65. The number of carbonyl (C=O) groups is 1. The molecule has 2 aromatic carbocycles. The number of anilines is 1. The molecule has 3 aromatic rings. The molecule has 0 radical (unpaired) electrons. The molecule has 0 unspecified atom stereocenters. The van der Waals surface area contributed by atoms with Crippen LogP contribution in [0.15, 0.2) is 36.4 Å². The van der Waals surface area contributed by atoms with Crippen molar-refractivity contribution in [3.05, 3.63) is 58.0 Å². The Morgan fingerprint density at radius 3 is 2.64 bits per heavy atom. The fraction of sp³-hybridized carbons (Fsp3) is 0.167. The molecule has 0 aliphatic heterocycles. The first-order valence-electron chi connectivity index (χ1n) is 7.59. The summed E-state index contributed by atoms with van der Waals surface area (Å²) >= 11 is 12.4. The van der Waals surface area contributed by atoms with E-state index in [1.165, 1.54) is 18.2 Å². The summed E-state index contributed by atoms with van der Waals surface area (Å²) in [5.74, 6) is -0.336. The molecule has 1 heterocycles. The Morgan fingerprint density at radius 2 is 1.96 bits per heavy atom. The van der Waals surface area contributed by atoms with E-state index >= 15 is 0 Å². The van der Waals surface area contributed by atoms with Crippen LogP contribution in [0, 0.1) is 5.82 Å². The van der Waals surface area contributed by atoms with Gasteiger partial charge in [0.25, 0.3) is 5.91 Å². The molecule has 4 nitrogen and oxygen atoms in total. The highest BCUT2D eigenvalue weighted by molar-refractivity contribution is 6.39. The summed E-state index contributed by atoms with van der Waals surface area (Å²) < 4.78 is 18.9. The topological polar surface area (TPSA) is 54.1 Å². The van der Waals surface area contributed by atoms with Crippen LogP contribution in [0.2, 0.25) is 10.0 Å². The van der Waals surface area contributed by atoms with Crippen molar-refractivity contribution in [2.75, 3.05) is 5.32 Å². The summed E-state index contributed by atoms with van der Waals surface area (Å²) in [4.78, 5) is 15.4. The second kappa shape index (κ2) is 6.94. The average molecular weight is 381 g/mol. The molecule has 0 saturated heterocycles. The number of fused-ring (bicyclic) bond motifs is 1. The van der Waals surface area contributed by atoms with Gasteiger partial charge in [-0.25, -0.2) is 4.39 Å². The van der Waals surface area contributed by atoms with Gasteiger partial charge in [0.2, 0.25) is 0 Å². The van der Waals surface area contributed by atoms with E-state index in [0.717, 1.165) is 0 Å². The van der Waals surface area contributed by atoms with Gasteiger partial charge in [0.1, 0.15) is 17.3 Å². The summed E-state index contributed by atoms with van der Waals surface area (Å²) in [5.41, 5.74) is 1.23. The number of hydrogen-bond donors (Lipinski definition) is 2. The molecule has 7 heteroatoms. The predicted molar refractivity (Wildman–Crippen MR) is 98.4 cm³/mol. The molecule has 1 aromatic heterocycles. The highest BCUT2D eigenvalue weighted by Gasteiger charge is 2.17. The lowest BCUT2D eigenvalue weighted by Gasteiger charge is -2.12. The maximum Gasteiger partial charge on any atom is 0.273 e. The maximum absolute atomic E-state index is 13.3. The van der Waals surface area contributed by atoms with Gasteiger partial charge in [-0.1, -0.05) is 23.2 Å². The standard InChI is InChI=1S/C18H15Cl2FN2O2/c1-9(2)25-15-6-4-11(8-13(15)19)22-18(24)17-16(20)12-7-10(21)3-5-14(12)23-17/h3-9,23H,1-2H3,(H,22,24). The zero-order chi connectivity index (χ0) is 18.1. The Morgan fingerprint density at radius 1 is 1.20 bits per heavy atom. The lowest BCUT2D eigenvalue weighted by molar-refractivity contribution is 0.102. The van der Waals surface area contributed by atoms with Crippen molar-refractivity contribution in [3.8, 4) is 5.75 Å². The molecule has 0 saturated carbocycles. The van der Waals surface area contributed by atoms with Crippen LogP contribution in [0.1, 0.15) is 24.3 Å². The number of rotatable bonds is 4. The lowest BCUT2D eigenvalue weighted by Crippen LogP contribution is -2.13. The zero-order valence-electron chi connectivity index (χ0n) is 13.5. The van der Waals surface area contributed by atoms with Gasteiger partial charge in [0.05, 0.1) is 16.1 Å². The smallest absolute Gasteiger partial charge is 0.273 e. The number of halogens is 3. The summed E-state index contributed by atoms with van der Waals surface area (Å²) in [7, 11) is 0. The molecule has 1 amide bonds. The van der Waals surface area contributed by atoms with E-state index in [0.29, 0.717) is 27.4 Å². The second-order valence-corrected chi connectivity index (χ2v) is 6.55. The molecular formula is C18H15Cl2FN2O2. The molecule has 0 atom stereocenters. The maximum atomic E-state index is 13.3. The molecule has 25 heavy (non-hydrogen) atoms. The third kappa shape index (κ3) is 3.72. The van der Waals surface area contributed by atoms with Crippen LogP contribution in [0.25, 0.3) is 10.9 Å². The third-order valence-electron chi connectivity index (χ3n) is 3.48. The van der Waals surface area contributed by atoms with E-state index in [4.69, 9.17) is 27.9 Å². The van der Waals surface area contributed by atoms with Gasteiger partial charge in [-0.3, -0.25) is 4.79 Å². The number of aromatic amines is 1. The number of amides is 1. The van der Waals surface area contributed by atoms with Crippen LogP contribution in [-0.2, 0) is 0 Å². The highest BCUT2D eigenvalue weighted by atomic mass is 35.5. The number of ether oxygens (including phenoxy) is 1. The van der Waals surface area contributed by atoms with E-state index in [-0.39, 0.29) is 16.8 Å². The number of carbonyl (C=O) groups excluding carboxylic acids is 1. The molecule has 2 N–H and O–H groups in total. The van der Waals surface area contributed by atoms with Crippen molar-refractivity contribution in [1.82, 2.24) is 4.98 Å². The first-order valence-corrected chi connectivity index (χ1v) is 8.35. The fourth-order valence-electron chi connectivity index (χ4n) is 2.41. The molecule has 0 fully saturated rings. The van der Waals surface area contributed by atoms with E-state index in [2.05, 4.69) is 10.3 Å². The van der Waals surface area contributed by atoms with Crippen LogP contribution in [0.4, 0.5) is 10.1 Å². The summed E-state index contributed by atoms with van der Waals surface area (Å²) in [6.07, 6.45) is -0.0107. The highest BCUT2D eigenvalue weighted by Crippen LogP contribution is 2.31. The Hall–Kier alpha value is -2.24. The number of H-pyrrole nitrogens is 1. The minimum absolute atomic E-state index is 0.0107. The van der Waals surface area contributed by atoms with E-state index < -0.39 is 11.7 Å². The molecular weight excluding hydrogens is 366 g/mol. The molecule has 0 spiro atoms. The van der Waals surface area contributed by atoms with Crippen molar-refractivity contribution in [2.24, 2.45) is 0 Å². The normalized spacial score (nSPS) is 11.1. The van der Waals surface area contributed by atoms with E-state index in [9.17, 15) is 9.18 Å². The summed E-state index contributed by atoms with van der Waals surface area (Å²) in [5, 5.41) is 3.71. The monoisotopic (exact) mass is 380 g/mol. The van der Waals surface area contributed by atoms with Gasteiger partial charge in [-0.15, -0.1) is 0 Å². The third-order valence-corrected chi connectivity index (χ3v) is 4.16. The summed E-state index contributed by atoms with van der Waals surface area (Å²) in [6.45, 7) is 3.79. The Bertz CT molecular complexity index is 954. The first kappa shape index (κ1) is 17.6. The molecule has 0 bridgehead atoms. The first-order chi connectivity index (χ1) is 11.8. The number of hydrogen-bond acceptors (Lipinski definition) is 2. The summed E-state index contributed by atoms with van der Waals surface area (Å²) in [6, 6.07) is 9.05. The van der Waals surface area contributed by atoms with Gasteiger partial charge in [0, 0.05) is 16.6 Å². The van der Waals surface area contributed by atoms with Crippen LogP contribution in [0.3, 0.4) is 0 Å². The quantitative estimate of drug-likeness (QED) is 0.613. The van der Waals surface area contributed by atoms with Crippen LogP contribution >= 0.6 is 23.2 Å². The number of aromatic nitrogens is 1. The molecule has 0 aliphatic rings.